The van der Waals surface area contributed by atoms with Crippen LogP contribution in [0, 0.1) is 5.92 Å². The van der Waals surface area contributed by atoms with Gasteiger partial charge in [0, 0.05) is 5.92 Å². The molecule has 0 aromatic heterocycles. The monoisotopic (exact) mass is 175 g/mol. The van der Waals surface area contributed by atoms with Crippen molar-refractivity contribution in [2.24, 2.45) is 5.92 Å². The molecule has 2 aliphatic rings. The van der Waals surface area contributed by atoms with Gasteiger partial charge in [0.25, 0.3) is 5.92 Å². The Morgan fingerprint density at radius 3 is 2.25 bits per heavy atom. The summed E-state index contributed by atoms with van der Waals surface area (Å²) in [6.45, 7) is 0.771. The zero-order valence-electron chi connectivity index (χ0n) is 7.15. The van der Waals surface area contributed by atoms with Crippen LogP contribution in [-0.4, -0.2) is 18.5 Å². The van der Waals surface area contributed by atoms with Gasteiger partial charge in [-0.15, -0.1) is 0 Å². The zero-order chi connectivity index (χ0) is 8.60. The van der Waals surface area contributed by atoms with E-state index >= 15 is 0 Å². The molecule has 1 atom stereocenters. The standard InChI is InChI=1S/C9H15F2N/c10-9(11,7-3-1-4-7)8-5-2-6-12-8/h7-8,12H,1-6H2. The van der Waals surface area contributed by atoms with Crippen LogP contribution in [0.1, 0.15) is 32.1 Å². The van der Waals surface area contributed by atoms with Crippen LogP contribution in [0.5, 0.6) is 0 Å². The highest BCUT2D eigenvalue weighted by atomic mass is 19.3. The van der Waals surface area contributed by atoms with Crippen molar-refractivity contribution >= 4 is 0 Å². The van der Waals surface area contributed by atoms with Gasteiger partial charge in [0.15, 0.2) is 0 Å². The summed E-state index contributed by atoms with van der Waals surface area (Å²) in [5.41, 5.74) is 0. The van der Waals surface area contributed by atoms with Gasteiger partial charge in [-0.1, -0.05) is 6.42 Å². The van der Waals surface area contributed by atoms with E-state index < -0.39 is 12.0 Å². The highest BCUT2D eigenvalue weighted by molar-refractivity contribution is 4.95. The molecule has 1 nitrogen and oxygen atoms in total. The molecule has 0 radical (unpaired) electrons. The summed E-state index contributed by atoms with van der Waals surface area (Å²) >= 11 is 0. The molecule has 1 saturated carbocycles. The summed E-state index contributed by atoms with van der Waals surface area (Å²) in [5, 5.41) is 2.90. The van der Waals surface area contributed by atoms with E-state index in [1.807, 2.05) is 0 Å². The Hall–Kier alpha value is -0.180. The van der Waals surface area contributed by atoms with Crippen LogP contribution < -0.4 is 5.32 Å². The van der Waals surface area contributed by atoms with Crippen molar-refractivity contribution in [1.82, 2.24) is 5.32 Å². The first kappa shape index (κ1) is 8.42. The van der Waals surface area contributed by atoms with Gasteiger partial charge in [-0.05, 0) is 32.2 Å². The van der Waals surface area contributed by atoms with Crippen molar-refractivity contribution < 1.29 is 8.78 Å². The maximum atomic E-state index is 13.5. The number of nitrogens with one attached hydrogen (secondary N) is 1. The van der Waals surface area contributed by atoms with Gasteiger partial charge in [0.2, 0.25) is 0 Å². The van der Waals surface area contributed by atoms with Crippen molar-refractivity contribution in [2.75, 3.05) is 6.54 Å². The Morgan fingerprint density at radius 2 is 1.83 bits per heavy atom. The molecule has 0 bridgehead atoms. The lowest BCUT2D eigenvalue weighted by Gasteiger charge is -2.37. The average Bonchev–Trinajstić information content (AvgIpc) is 2.30. The van der Waals surface area contributed by atoms with Gasteiger partial charge < -0.3 is 5.32 Å². The van der Waals surface area contributed by atoms with Gasteiger partial charge in [-0.3, -0.25) is 0 Å². The van der Waals surface area contributed by atoms with Crippen LogP contribution in [0.2, 0.25) is 0 Å². The van der Waals surface area contributed by atoms with Crippen LogP contribution in [0.3, 0.4) is 0 Å². The fourth-order valence-electron chi connectivity index (χ4n) is 2.09. The van der Waals surface area contributed by atoms with Crippen LogP contribution in [0.15, 0.2) is 0 Å². The number of halogens is 2. The van der Waals surface area contributed by atoms with Gasteiger partial charge >= 0.3 is 0 Å². The summed E-state index contributed by atoms with van der Waals surface area (Å²) in [6, 6.07) is -0.525. The SMILES string of the molecule is FC(F)(C1CCC1)C1CCCN1. The molecule has 3 heteroatoms. The Balaban J connectivity index is 1.97. The van der Waals surface area contributed by atoms with Crippen LogP contribution in [0.25, 0.3) is 0 Å². The van der Waals surface area contributed by atoms with Crippen LogP contribution >= 0.6 is 0 Å². The van der Waals surface area contributed by atoms with E-state index in [0.29, 0.717) is 6.42 Å². The molecule has 1 unspecified atom stereocenters. The second-order valence-corrected chi connectivity index (χ2v) is 3.95. The number of hydrogen-bond acceptors (Lipinski definition) is 1. The first-order chi connectivity index (χ1) is 5.71. The smallest absolute Gasteiger partial charge is 0.265 e. The number of alkyl halides is 2. The van der Waals surface area contributed by atoms with E-state index in [0.717, 1.165) is 32.2 Å². The van der Waals surface area contributed by atoms with E-state index in [-0.39, 0.29) is 5.92 Å². The quantitative estimate of drug-likeness (QED) is 0.678. The molecule has 0 aromatic carbocycles. The van der Waals surface area contributed by atoms with Gasteiger partial charge in [0.05, 0.1) is 6.04 Å². The normalized spacial score (nSPS) is 32.0. The molecule has 1 N–H and O–H groups in total. The molecule has 0 spiro atoms. The summed E-state index contributed by atoms with van der Waals surface area (Å²) in [6.07, 6.45) is 4.01. The maximum Gasteiger partial charge on any atom is 0.265 e. The minimum atomic E-state index is -2.44. The second-order valence-electron chi connectivity index (χ2n) is 3.95. The molecule has 1 saturated heterocycles. The summed E-state index contributed by atoms with van der Waals surface area (Å²) in [5.74, 6) is -2.76. The Morgan fingerprint density at radius 1 is 1.08 bits per heavy atom. The molecular formula is C9H15F2N. The van der Waals surface area contributed by atoms with Crippen molar-refractivity contribution in [1.29, 1.82) is 0 Å². The Kier molecular flexibility index (Phi) is 2.07. The number of hydrogen-bond donors (Lipinski definition) is 1. The molecule has 2 fully saturated rings. The predicted molar refractivity (Wildman–Crippen MR) is 43.3 cm³/mol. The average molecular weight is 175 g/mol. The summed E-state index contributed by atoms with van der Waals surface area (Å²) < 4.78 is 27.0. The van der Waals surface area contributed by atoms with E-state index in [4.69, 9.17) is 0 Å². The number of rotatable bonds is 2. The van der Waals surface area contributed by atoms with Gasteiger partial charge in [-0.25, -0.2) is 8.78 Å². The topological polar surface area (TPSA) is 12.0 Å². The molecule has 1 heterocycles. The summed E-state index contributed by atoms with van der Waals surface area (Å²) in [7, 11) is 0. The minimum Gasteiger partial charge on any atom is -0.309 e. The maximum absolute atomic E-state index is 13.5. The largest absolute Gasteiger partial charge is 0.309 e. The highest BCUT2D eigenvalue weighted by Gasteiger charge is 2.49. The van der Waals surface area contributed by atoms with Crippen molar-refractivity contribution in [3.05, 3.63) is 0 Å². The predicted octanol–water partition coefficient (Wildman–Crippen LogP) is 2.17. The third-order valence-corrected chi connectivity index (χ3v) is 3.17. The Labute approximate surface area is 71.5 Å². The van der Waals surface area contributed by atoms with Crippen molar-refractivity contribution in [2.45, 2.75) is 44.1 Å². The van der Waals surface area contributed by atoms with Gasteiger partial charge in [0.1, 0.15) is 0 Å². The minimum absolute atomic E-state index is 0.326. The van der Waals surface area contributed by atoms with E-state index in [1.54, 1.807) is 0 Å². The lowest BCUT2D eigenvalue weighted by molar-refractivity contribution is -0.110. The second kappa shape index (κ2) is 2.95. The lowest BCUT2D eigenvalue weighted by atomic mass is 9.77. The molecular weight excluding hydrogens is 160 g/mol. The van der Waals surface area contributed by atoms with Crippen molar-refractivity contribution in [3.8, 4) is 0 Å². The molecule has 1 aliphatic heterocycles. The van der Waals surface area contributed by atoms with E-state index in [9.17, 15) is 8.78 Å². The van der Waals surface area contributed by atoms with Crippen molar-refractivity contribution in [3.63, 3.8) is 0 Å². The molecule has 70 valence electrons. The summed E-state index contributed by atoms with van der Waals surface area (Å²) in [4.78, 5) is 0. The zero-order valence-corrected chi connectivity index (χ0v) is 7.15. The lowest BCUT2D eigenvalue weighted by Crippen LogP contribution is -2.48. The van der Waals surface area contributed by atoms with E-state index in [2.05, 4.69) is 5.32 Å². The van der Waals surface area contributed by atoms with E-state index in [1.165, 1.54) is 0 Å². The fraction of sp³-hybridized carbons (Fsp3) is 1.00. The molecule has 12 heavy (non-hydrogen) atoms. The van der Waals surface area contributed by atoms with Crippen LogP contribution in [0.4, 0.5) is 8.78 Å². The van der Waals surface area contributed by atoms with Gasteiger partial charge in [-0.2, -0.15) is 0 Å². The fourth-order valence-corrected chi connectivity index (χ4v) is 2.09. The molecule has 1 aliphatic carbocycles. The van der Waals surface area contributed by atoms with Crippen LogP contribution in [-0.2, 0) is 0 Å². The molecule has 0 amide bonds. The first-order valence-electron chi connectivity index (χ1n) is 4.82. The third kappa shape index (κ3) is 1.24. The third-order valence-electron chi connectivity index (χ3n) is 3.17. The highest BCUT2D eigenvalue weighted by Crippen LogP contribution is 2.43. The Bertz CT molecular complexity index is 160. The first-order valence-corrected chi connectivity index (χ1v) is 4.82. The molecule has 0 aromatic rings. The molecule has 2 rings (SSSR count).